The fourth-order valence-corrected chi connectivity index (χ4v) is 2.33. The van der Waals surface area contributed by atoms with Crippen molar-refractivity contribution in [3.8, 4) is 0 Å². The average molecular weight is 308 g/mol. The molecule has 1 rings (SSSR count). The number of hydrogen-bond acceptors (Lipinski definition) is 4. The summed E-state index contributed by atoms with van der Waals surface area (Å²) in [6.45, 7) is -0.0619. The molecule has 2 N–H and O–H groups in total. The molecule has 0 aliphatic heterocycles. The number of thiophene rings is 1. The van der Waals surface area contributed by atoms with Crippen LogP contribution in [0.2, 0.25) is 0 Å². The van der Waals surface area contributed by atoms with Gasteiger partial charge in [0, 0.05) is 17.0 Å². The number of nitrogens with one attached hydrogen (secondary N) is 1. The lowest BCUT2D eigenvalue weighted by molar-refractivity contribution is -0.140. The van der Waals surface area contributed by atoms with E-state index in [1.54, 1.807) is 11.4 Å². The van der Waals surface area contributed by atoms with E-state index >= 15 is 0 Å². The van der Waals surface area contributed by atoms with Gasteiger partial charge in [0.2, 0.25) is 0 Å². The first kappa shape index (κ1) is 13.1. The fourth-order valence-electron chi connectivity index (χ4n) is 1.00. The van der Waals surface area contributed by atoms with E-state index in [9.17, 15) is 9.59 Å². The van der Waals surface area contributed by atoms with Crippen molar-refractivity contribution in [2.45, 2.75) is 6.04 Å². The van der Waals surface area contributed by atoms with Gasteiger partial charge in [0.15, 0.2) is 6.04 Å². The van der Waals surface area contributed by atoms with Crippen molar-refractivity contribution in [2.24, 2.45) is 0 Å². The van der Waals surface area contributed by atoms with Gasteiger partial charge in [-0.2, -0.15) is 0 Å². The van der Waals surface area contributed by atoms with Crippen LogP contribution in [0.3, 0.4) is 0 Å². The third-order valence-electron chi connectivity index (χ3n) is 1.73. The first-order valence-electron chi connectivity index (χ1n) is 4.31. The molecule has 0 aromatic carbocycles. The van der Waals surface area contributed by atoms with Crippen molar-refractivity contribution in [3.63, 3.8) is 0 Å². The molecule has 0 spiro atoms. The second kappa shape index (κ2) is 5.97. The lowest BCUT2D eigenvalue weighted by Gasteiger charge is -2.12. The number of amides is 1. The Balaban J connectivity index is 2.65. The Morgan fingerprint density at radius 2 is 2.38 bits per heavy atom. The summed E-state index contributed by atoms with van der Waals surface area (Å²) in [5, 5.41) is 12.9. The largest absolute Gasteiger partial charge is 0.480 e. The number of halogens is 1. The van der Waals surface area contributed by atoms with Gasteiger partial charge >= 0.3 is 5.97 Å². The van der Waals surface area contributed by atoms with Crippen molar-refractivity contribution in [1.82, 2.24) is 5.32 Å². The van der Waals surface area contributed by atoms with Gasteiger partial charge in [0.1, 0.15) is 0 Å². The number of carbonyl (C=O) groups is 2. The Labute approximate surface area is 105 Å². The van der Waals surface area contributed by atoms with Crippen LogP contribution in [0.4, 0.5) is 0 Å². The molecule has 0 radical (unpaired) electrons. The highest BCUT2D eigenvalue weighted by molar-refractivity contribution is 9.10. The number of carbonyl (C=O) groups excluding carboxylic acids is 1. The molecular formula is C9H10BrNO4S. The molecule has 7 heteroatoms. The van der Waals surface area contributed by atoms with Gasteiger partial charge in [-0.15, -0.1) is 11.3 Å². The molecule has 88 valence electrons. The molecule has 1 aromatic heterocycles. The third-order valence-corrected chi connectivity index (χ3v) is 3.42. The Morgan fingerprint density at radius 1 is 1.69 bits per heavy atom. The van der Waals surface area contributed by atoms with Gasteiger partial charge in [0.25, 0.3) is 5.91 Å². The van der Waals surface area contributed by atoms with E-state index < -0.39 is 17.9 Å². The topological polar surface area (TPSA) is 75.6 Å². The highest BCUT2D eigenvalue weighted by Crippen LogP contribution is 2.19. The molecule has 1 aromatic rings. The lowest BCUT2D eigenvalue weighted by atomic mass is 10.3. The summed E-state index contributed by atoms with van der Waals surface area (Å²) >= 11 is 4.45. The maximum absolute atomic E-state index is 11.6. The molecule has 0 saturated carbocycles. The summed E-state index contributed by atoms with van der Waals surface area (Å²) in [5.74, 6) is -1.54. The monoisotopic (exact) mass is 307 g/mol. The smallest absolute Gasteiger partial charge is 0.328 e. The number of carboxylic acid groups (broad SMARTS) is 1. The molecule has 16 heavy (non-hydrogen) atoms. The number of ether oxygens (including phenoxy) is 1. The summed E-state index contributed by atoms with van der Waals surface area (Å²) < 4.78 is 5.50. The molecule has 0 aliphatic carbocycles. The van der Waals surface area contributed by atoms with Gasteiger partial charge in [0.05, 0.1) is 11.5 Å². The minimum atomic E-state index is -1.12. The van der Waals surface area contributed by atoms with Crippen molar-refractivity contribution >= 4 is 39.1 Å². The first-order chi connectivity index (χ1) is 7.54. The quantitative estimate of drug-likeness (QED) is 0.861. The predicted octanol–water partition coefficient (Wildman–Crippen LogP) is 1.34. The molecular weight excluding hydrogens is 298 g/mol. The Bertz CT molecular complexity index is 393. The summed E-state index contributed by atoms with van der Waals surface area (Å²) in [4.78, 5) is 22.8. The molecule has 1 amide bonds. The Morgan fingerprint density at radius 3 is 2.81 bits per heavy atom. The number of hydrogen-bond donors (Lipinski definition) is 2. The molecule has 1 atom stereocenters. The van der Waals surface area contributed by atoms with Crippen molar-refractivity contribution < 1.29 is 19.4 Å². The molecule has 0 aliphatic rings. The highest BCUT2D eigenvalue weighted by Gasteiger charge is 2.21. The van der Waals surface area contributed by atoms with Crippen LogP contribution >= 0.6 is 27.3 Å². The third kappa shape index (κ3) is 3.58. The second-order valence-corrected chi connectivity index (χ2v) is 4.78. The van der Waals surface area contributed by atoms with E-state index in [1.165, 1.54) is 18.4 Å². The van der Waals surface area contributed by atoms with E-state index in [-0.39, 0.29) is 6.61 Å². The normalized spacial score (nSPS) is 12.1. The maximum atomic E-state index is 11.6. The van der Waals surface area contributed by atoms with Crippen LogP contribution in [0.15, 0.2) is 15.9 Å². The zero-order chi connectivity index (χ0) is 12.1. The summed E-state index contributed by atoms with van der Waals surface area (Å²) in [7, 11) is 1.38. The highest BCUT2D eigenvalue weighted by atomic mass is 79.9. The summed E-state index contributed by atoms with van der Waals surface area (Å²) in [5.41, 5.74) is 0. The van der Waals surface area contributed by atoms with Gasteiger partial charge in [-0.3, -0.25) is 4.79 Å². The standard InChI is InChI=1S/C9H10BrNO4S/c1-15-3-6(9(13)14)11-8(12)7-2-5(10)4-16-7/h2,4,6H,3H2,1H3,(H,11,12)(H,13,14). The number of methoxy groups -OCH3 is 1. The number of carboxylic acids is 1. The molecule has 1 unspecified atom stereocenters. The SMILES string of the molecule is COCC(NC(=O)c1cc(Br)cs1)C(=O)O. The summed E-state index contributed by atoms with van der Waals surface area (Å²) in [6, 6.07) is 0.601. The zero-order valence-corrected chi connectivity index (χ0v) is 10.8. The number of rotatable bonds is 5. The molecule has 0 fully saturated rings. The average Bonchev–Trinajstić information content (AvgIpc) is 2.64. The van der Waals surface area contributed by atoms with Crippen molar-refractivity contribution in [1.29, 1.82) is 0 Å². The first-order valence-corrected chi connectivity index (χ1v) is 5.98. The van der Waals surface area contributed by atoms with Crippen LogP contribution in [-0.2, 0) is 9.53 Å². The van der Waals surface area contributed by atoms with Crippen molar-refractivity contribution in [3.05, 3.63) is 20.8 Å². The van der Waals surface area contributed by atoms with E-state index in [0.29, 0.717) is 4.88 Å². The van der Waals surface area contributed by atoms with Crippen LogP contribution in [-0.4, -0.2) is 36.7 Å². The molecule has 0 bridgehead atoms. The van der Waals surface area contributed by atoms with Gasteiger partial charge in [-0.25, -0.2) is 4.79 Å². The van der Waals surface area contributed by atoms with Crippen LogP contribution < -0.4 is 5.32 Å². The van der Waals surface area contributed by atoms with Crippen LogP contribution in [0.1, 0.15) is 9.67 Å². The van der Waals surface area contributed by atoms with Gasteiger partial charge < -0.3 is 15.2 Å². The maximum Gasteiger partial charge on any atom is 0.328 e. The number of aliphatic carboxylic acids is 1. The van der Waals surface area contributed by atoms with E-state index in [0.717, 1.165) is 4.47 Å². The second-order valence-electron chi connectivity index (χ2n) is 2.95. The molecule has 5 nitrogen and oxygen atoms in total. The molecule has 1 heterocycles. The minimum Gasteiger partial charge on any atom is -0.480 e. The van der Waals surface area contributed by atoms with Crippen LogP contribution in [0.25, 0.3) is 0 Å². The van der Waals surface area contributed by atoms with Gasteiger partial charge in [-0.05, 0) is 22.0 Å². The van der Waals surface area contributed by atoms with Crippen molar-refractivity contribution in [2.75, 3.05) is 13.7 Å². The Kier molecular flexibility index (Phi) is 4.91. The zero-order valence-electron chi connectivity index (χ0n) is 8.40. The minimum absolute atomic E-state index is 0.0619. The van der Waals surface area contributed by atoms with E-state index in [4.69, 9.17) is 9.84 Å². The molecule has 0 saturated heterocycles. The predicted molar refractivity (Wildman–Crippen MR) is 62.8 cm³/mol. The van der Waals surface area contributed by atoms with Crippen LogP contribution in [0.5, 0.6) is 0 Å². The van der Waals surface area contributed by atoms with E-state index in [1.807, 2.05) is 0 Å². The summed E-state index contributed by atoms with van der Waals surface area (Å²) in [6.07, 6.45) is 0. The van der Waals surface area contributed by atoms with Crippen LogP contribution in [0, 0.1) is 0 Å². The Hall–Kier alpha value is -0.920. The van der Waals surface area contributed by atoms with Gasteiger partial charge in [-0.1, -0.05) is 0 Å². The van der Waals surface area contributed by atoms with E-state index in [2.05, 4.69) is 21.2 Å². The lowest BCUT2D eigenvalue weighted by Crippen LogP contribution is -2.43. The fraction of sp³-hybridized carbons (Fsp3) is 0.333.